The van der Waals surface area contributed by atoms with Crippen LogP contribution < -0.4 is 5.32 Å². The first kappa shape index (κ1) is 13.1. The molecule has 2 aromatic heterocycles. The summed E-state index contributed by atoms with van der Waals surface area (Å²) < 4.78 is 0. The first-order chi connectivity index (χ1) is 10.1. The molecule has 3 rings (SSSR count). The maximum Gasteiger partial charge on any atom is 0.407 e. The second kappa shape index (κ2) is 5.23. The number of fused-ring (bicyclic) bond motifs is 1. The number of hydrogen-bond donors (Lipinski definition) is 3. The lowest BCUT2D eigenvalue weighted by Crippen LogP contribution is -2.35. The molecule has 1 aliphatic heterocycles. The van der Waals surface area contributed by atoms with E-state index in [0.29, 0.717) is 30.0 Å². The predicted octanol–water partition coefficient (Wildman–Crippen LogP) is 1.09. The van der Waals surface area contributed by atoms with Crippen LogP contribution in [0.2, 0.25) is 0 Å². The molecule has 0 radical (unpaired) electrons. The van der Waals surface area contributed by atoms with Crippen LogP contribution in [0.15, 0.2) is 24.8 Å². The third kappa shape index (κ3) is 2.69. The molecule has 8 heteroatoms. The highest BCUT2D eigenvalue weighted by atomic mass is 16.4. The van der Waals surface area contributed by atoms with Crippen LogP contribution >= 0.6 is 0 Å². The minimum atomic E-state index is -0.956. The number of carbonyl (C=O) groups is 2. The van der Waals surface area contributed by atoms with Crippen molar-refractivity contribution < 1.29 is 14.7 Å². The number of anilines is 1. The summed E-state index contributed by atoms with van der Waals surface area (Å²) in [5.41, 5.74) is 2.03. The highest BCUT2D eigenvalue weighted by Crippen LogP contribution is 2.18. The van der Waals surface area contributed by atoms with Gasteiger partial charge in [-0.2, -0.15) is 0 Å². The number of H-pyrrole nitrogens is 1. The van der Waals surface area contributed by atoms with Gasteiger partial charge in [-0.15, -0.1) is 0 Å². The van der Waals surface area contributed by atoms with Gasteiger partial charge in [0.25, 0.3) is 5.91 Å². The topological polar surface area (TPSA) is 111 Å². The lowest BCUT2D eigenvalue weighted by Gasteiger charge is -2.25. The number of pyridine rings is 1. The summed E-state index contributed by atoms with van der Waals surface area (Å²) in [6.45, 7) is 0.667. The van der Waals surface area contributed by atoms with Gasteiger partial charge in [0.05, 0.1) is 24.1 Å². The summed E-state index contributed by atoms with van der Waals surface area (Å²) in [7, 11) is 0. The molecule has 0 aromatic carbocycles. The van der Waals surface area contributed by atoms with Crippen LogP contribution in [-0.4, -0.2) is 43.5 Å². The van der Waals surface area contributed by atoms with Gasteiger partial charge in [-0.25, -0.2) is 9.78 Å². The average Bonchev–Trinajstić information content (AvgIpc) is 2.99. The van der Waals surface area contributed by atoms with Crippen molar-refractivity contribution in [2.24, 2.45) is 0 Å². The van der Waals surface area contributed by atoms with Crippen LogP contribution in [0.3, 0.4) is 0 Å². The number of aromatic nitrogens is 3. The van der Waals surface area contributed by atoms with Crippen molar-refractivity contribution in [3.63, 3.8) is 0 Å². The second-order valence-electron chi connectivity index (χ2n) is 4.69. The number of carbonyl (C=O) groups excluding carboxylic acids is 1. The first-order valence-corrected chi connectivity index (χ1v) is 6.39. The fourth-order valence-electron chi connectivity index (χ4n) is 2.22. The Labute approximate surface area is 119 Å². The minimum absolute atomic E-state index is 0.256. The molecular weight excluding hydrogens is 274 g/mol. The molecule has 0 atom stereocenters. The molecule has 3 heterocycles. The Morgan fingerprint density at radius 3 is 2.95 bits per heavy atom. The fraction of sp³-hybridized carbons (Fsp3) is 0.231. The molecule has 2 aromatic rings. The largest absolute Gasteiger partial charge is 0.465 e. The van der Waals surface area contributed by atoms with Crippen LogP contribution in [0.5, 0.6) is 0 Å². The van der Waals surface area contributed by atoms with Gasteiger partial charge in [0.15, 0.2) is 5.82 Å². The number of nitrogens with zero attached hydrogens (tertiary/aromatic N) is 3. The fourth-order valence-corrected chi connectivity index (χ4v) is 2.22. The summed E-state index contributed by atoms with van der Waals surface area (Å²) in [4.78, 5) is 35.2. The van der Waals surface area contributed by atoms with Gasteiger partial charge in [-0.1, -0.05) is 0 Å². The quantitative estimate of drug-likeness (QED) is 0.765. The zero-order chi connectivity index (χ0) is 14.8. The Morgan fingerprint density at radius 2 is 2.24 bits per heavy atom. The van der Waals surface area contributed by atoms with Crippen molar-refractivity contribution in [1.29, 1.82) is 0 Å². The van der Waals surface area contributed by atoms with Gasteiger partial charge in [-0.05, 0) is 18.1 Å². The number of carboxylic acid groups (broad SMARTS) is 1. The monoisotopic (exact) mass is 287 g/mol. The van der Waals surface area contributed by atoms with Crippen LogP contribution in [0, 0.1) is 0 Å². The molecule has 21 heavy (non-hydrogen) atoms. The van der Waals surface area contributed by atoms with Gasteiger partial charge >= 0.3 is 6.09 Å². The third-order valence-electron chi connectivity index (χ3n) is 3.32. The van der Waals surface area contributed by atoms with Gasteiger partial charge in [0.2, 0.25) is 0 Å². The molecule has 0 spiro atoms. The molecular formula is C13H13N5O3. The van der Waals surface area contributed by atoms with E-state index in [1.165, 1.54) is 17.4 Å². The van der Waals surface area contributed by atoms with Crippen molar-refractivity contribution >= 4 is 17.8 Å². The second-order valence-corrected chi connectivity index (χ2v) is 4.69. The van der Waals surface area contributed by atoms with Gasteiger partial charge in [0.1, 0.15) is 0 Å². The molecule has 3 N–H and O–H groups in total. The predicted molar refractivity (Wildman–Crippen MR) is 72.9 cm³/mol. The number of rotatable bonds is 2. The zero-order valence-corrected chi connectivity index (χ0v) is 11.0. The number of nitrogens with one attached hydrogen (secondary N) is 2. The van der Waals surface area contributed by atoms with E-state index < -0.39 is 6.09 Å². The Hall–Kier alpha value is -2.90. The number of hydrogen-bond acceptors (Lipinski definition) is 4. The minimum Gasteiger partial charge on any atom is -0.465 e. The van der Waals surface area contributed by atoms with Crippen LogP contribution in [0.25, 0.3) is 0 Å². The molecule has 0 saturated carbocycles. The molecule has 0 saturated heterocycles. The lowest BCUT2D eigenvalue weighted by molar-refractivity contribution is 0.102. The van der Waals surface area contributed by atoms with Gasteiger partial charge in [-0.3, -0.25) is 9.78 Å². The lowest BCUT2D eigenvalue weighted by atomic mass is 10.0. The Bertz CT molecular complexity index is 683. The SMILES string of the molecule is O=C(Nc1c[nH]cn1)c1cnc2c(c1)CCN(C(=O)O)C2. The smallest absolute Gasteiger partial charge is 0.407 e. The Kier molecular flexibility index (Phi) is 3.27. The molecule has 1 aliphatic rings. The van der Waals surface area contributed by atoms with Crippen molar-refractivity contribution in [3.8, 4) is 0 Å². The molecule has 0 aliphatic carbocycles. The maximum absolute atomic E-state index is 12.1. The van der Waals surface area contributed by atoms with Crippen molar-refractivity contribution in [3.05, 3.63) is 41.6 Å². The molecule has 0 fully saturated rings. The molecule has 108 valence electrons. The van der Waals surface area contributed by atoms with Gasteiger partial charge < -0.3 is 20.3 Å². The van der Waals surface area contributed by atoms with Crippen LogP contribution in [0.4, 0.5) is 10.6 Å². The summed E-state index contributed by atoms with van der Waals surface area (Å²) in [5, 5.41) is 11.6. The first-order valence-electron chi connectivity index (χ1n) is 6.39. The third-order valence-corrected chi connectivity index (χ3v) is 3.32. The van der Waals surface area contributed by atoms with E-state index in [1.54, 1.807) is 12.3 Å². The molecule has 2 amide bonds. The summed E-state index contributed by atoms with van der Waals surface area (Å²) >= 11 is 0. The maximum atomic E-state index is 12.1. The summed E-state index contributed by atoms with van der Waals surface area (Å²) in [6.07, 6.45) is 4.10. The average molecular weight is 287 g/mol. The van der Waals surface area contributed by atoms with Gasteiger partial charge in [0, 0.05) is 18.9 Å². The van der Waals surface area contributed by atoms with E-state index in [0.717, 1.165) is 5.56 Å². The van der Waals surface area contributed by atoms with Crippen LogP contribution in [0.1, 0.15) is 21.6 Å². The van der Waals surface area contributed by atoms with E-state index in [1.807, 2.05) is 0 Å². The summed E-state index contributed by atoms with van der Waals surface area (Å²) in [5.74, 6) is 0.146. The number of aromatic amines is 1. The number of imidazole rings is 1. The normalized spacial score (nSPS) is 13.6. The zero-order valence-electron chi connectivity index (χ0n) is 11.0. The van der Waals surface area contributed by atoms with E-state index in [-0.39, 0.29) is 12.5 Å². The molecule has 0 unspecified atom stereocenters. The number of amides is 2. The van der Waals surface area contributed by atoms with E-state index in [2.05, 4.69) is 20.3 Å². The highest BCUT2D eigenvalue weighted by molar-refractivity contribution is 6.03. The van der Waals surface area contributed by atoms with Crippen molar-refractivity contribution in [1.82, 2.24) is 19.9 Å². The van der Waals surface area contributed by atoms with E-state index >= 15 is 0 Å². The van der Waals surface area contributed by atoms with Crippen molar-refractivity contribution in [2.75, 3.05) is 11.9 Å². The Balaban J connectivity index is 1.77. The Morgan fingerprint density at radius 1 is 1.38 bits per heavy atom. The van der Waals surface area contributed by atoms with Crippen LogP contribution in [-0.2, 0) is 13.0 Å². The molecule has 0 bridgehead atoms. The molecule has 8 nitrogen and oxygen atoms in total. The van der Waals surface area contributed by atoms with E-state index in [4.69, 9.17) is 5.11 Å². The van der Waals surface area contributed by atoms with Crippen molar-refractivity contribution in [2.45, 2.75) is 13.0 Å². The standard InChI is InChI=1S/C13H13N5O3/c19-12(17-11-5-14-7-16-11)9-3-8-1-2-18(13(20)21)6-10(8)15-4-9/h3-5,7H,1-2,6H2,(H,14,16)(H,17,19)(H,20,21). The summed E-state index contributed by atoms with van der Waals surface area (Å²) in [6, 6.07) is 1.75. The highest BCUT2D eigenvalue weighted by Gasteiger charge is 2.22. The van der Waals surface area contributed by atoms with E-state index in [9.17, 15) is 9.59 Å².